The van der Waals surface area contributed by atoms with E-state index in [0.29, 0.717) is 22.8 Å². The summed E-state index contributed by atoms with van der Waals surface area (Å²) in [6.45, 7) is 1.70. The fourth-order valence-corrected chi connectivity index (χ4v) is 2.85. The number of anilines is 1. The maximum atomic E-state index is 10.3. The molecule has 1 saturated heterocycles. The summed E-state index contributed by atoms with van der Waals surface area (Å²) in [5.74, 6) is 6.85. The number of ether oxygens (including phenoxy) is 1. The number of nitrogens with one attached hydrogen (secondary N) is 1. The Labute approximate surface area is 151 Å². The van der Waals surface area contributed by atoms with Gasteiger partial charge in [0, 0.05) is 13.5 Å². The van der Waals surface area contributed by atoms with Gasteiger partial charge in [0.25, 0.3) is 0 Å². The van der Waals surface area contributed by atoms with Crippen molar-refractivity contribution in [2.45, 2.75) is 50.7 Å². The van der Waals surface area contributed by atoms with Gasteiger partial charge in [0.05, 0.1) is 12.9 Å². The molecular weight excluding hydrogens is 338 g/mol. The van der Waals surface area contributed by atoms with Gasteiger partial charge in [0.1, 0.15) is 18.3 Å². The molecule has 0 bridgehead atoms. The molecule has 2 aromatic heterocycles. The van der Waals surface area contributed by atoms with E-state index in [4.69, 9.17) is 4.74 Å². The fraction of sp³-hybridized carbons (Fsp3) is 0.588. The third-order valence-electron chi connectivity index (χ3n) is 4.31. The van der Waals surface area contributed by atoms with Crippen LogP contribution < -0.4 is 5.32 Å². The second-order valence-electron chi connectivity index (χ2n) is 6.10. The highest BCUT2D eigenvalue weighted by Crippen LogP contribution is 2.32. The Kier molecular flexibility index (Phi) is 5.68. The normalized spacial score (nSPS) is 25.3. The van der Waals surface area contributed by atoms with Crippen LogP contribution in [0.2, 0.25) is 0 Å². The molecule has 0 radical (unpaired) electrons. The topological polar surface area (TPSA) is 126 Å². The second kappa shape index (κ2) is 7.97. The zero-order chi connectivity index (χ0) is 18.7. The molecule has 4 atom stereocenters. The summed E-state index contributed by atoms with van der Waals surface area (Å²) < 4.78 is 7.10. The van der Waals surface area contributed by atoms with Gasteiger partial charge in [-0.3, -0.25) is 4.57 Å². The molecule has 3 heterocycles. The lowest BCUT2D eigenvalue weighted by molar-refractivity contribution is -0.0511. The van der Waals surface area contributed by atoms with Gasteiger partial charge in [-0.25, -0.2) is 15.0 Å². The highest BCUT2D eigenvalue weighted by molar-refractivity contribution is 5.83. The minimum atomic E-state index is -1.21. The Morgan fingerprint density at radius 3 is 2.77 bits per heavy atom. The minimum Gasteiger partial charge on any atom is -0.394 e. The summed E-state index contributed by atoms with van der Waals surface area (Å²) in [6, 6.07) is 0. The first-order valence-electron chi connectivity index (χ1n) is 8.64. The van der Waals surface area contributed by atoms with Gasteiger partial charge in [-0.1, -0.05) is 19.3 Å². The van der Waals surface area contributed by atoms with Crippen LogP contribution in [0.5, 0.6) is 0 Å². The summed E-state index contributed by atoms with van der Waals surface area (Å²) in [6.07, 6.45) is 0.121. The van der Waals surface area contributed by atoms with E-state index in [1.807, 2.05) is 0 Å². The molecule has 1 aliphatic rings. The van der Waals surface area contributed by atoms with Crippen molar-refractivity contribution in [2.75, 3.05) is 19.0 Å². The number of imidazole rings is 1. The first kappa shape index (κ1) is 18.5. The lowest BCUT2D eigenvalue weighted by atomic mass is 10.1. The number of unbranched alkanes of at least 4 members (excludes halogenated alkanes) is 2. The number of hydrogen-bond donors (Lipinski definition) is 4. The number of aliphatic hydroxyl groups excluding tert-OH is 3. The van der Waals surface area contributed by atoms with Crippen molar-refractivity contribution >= 4 is 17.0 Å². The van der Waals surface area contributed by atoms with Gasteiger partial charge < -0.3 is 25.4 Å². The maximum Gasteiger partial charge on any atom is 0.208 e. The molecule has 9 heteroatoms. The standard InChI is InChI=1S/C17H23N5O4/c1-3-4-5-6-7-11-20-15(18-2)12-16(21-11)22(9-19-12)17-14(25)13(24)10(8-23)26-17/h9-10,13-14,17,23-25H,3-5,8H2,1-2H3,(H,18,20,21)/t10-,13?,14+,17-/m1/s1. The molecule has 1 fully saturated rings. The van der Waals surface area contributed by atoms with Crippen molar-refractivity contribution in [1.82, 2.24) is 19.5 Å². The highest BCUT2D eigenvalue weighted by Gasteiger charge is 2.44. The van der Waals surface area contributed by atoms with Crippen LogP contribution in [0.25, 0.3) is 11.2 Å². The van der Waals surface area contributed by atoms with Crippen molar-refractivity contribution < 1.29 is 20.1 Å². The molecule has 3 rings (SSSR count). The Morgan fingerprint density at radius 2 is 2.12 bits per heavy atom. The van der Waals surface area contributed by atoms with E-state index in [9.17, 15) is 15.3 Å². The van der Waals surface area contributed by atoms with Crippen LogP contribution >= 0.6 is 0 Å². The predicted octanol–water partition coefficient (Wildman–Crippen LogP) is 0.0212. The van der Waals surface area contributed by atoms with E-state index in [0.717, 1.165) is 19.3 Å². The van der Waals surface area contributed by atoms with E-state index in [-0.39, 0.29) is 0 Å². The summed E-state index contributed by atoms with van der Waals surface area (Å²) in [4.78, 5) is 13.1. The third kappa shape index (κ3) is 3.37. The average Bonchev–Trinajstić information content (AvgIpc) is 3.19. The first-order valence-corrected chi connectivity index (χ1v) is 8.64. The Hall–Kier alpha value is -2.25. The molecule has 0 aliphatic carbocycles. The van der Waals surface area contributed by atoms with Crippen molar-refractivity contribution in [3.8, 4) is 11.8 Å². The van der Waals surface area contributed by atoms with E-state index in [2.05, 4.69) is 39.0 Å². The van der Waals surface area contributed by atoms with Crippen molar-refractivity contribution in [1.29, 1.82) is 0 Å². The molecule has 9 nitrogen and oxygen atoms in total. The van der Waals surface area contributed by atoms with Crippen LogP contribution in [0.1, 0.15) is 38.2 Å². The molecule has 1 unspecified atom stereocenters. The summed E-state index contributed by atoms with van der Waals surface area (Å²) in [5.41, 5.74) is 0.934. The predicted molar refractivity (Wildman–Crippen MR) is 94.3 cm³/mol. The lowest BCUT2D eigenvalue weighted by Gasteiger charge is -2.16. The highest BCUT2D eigenvalue weighted by atomic mass is 16.6. The van der Waals surface area contributed by atoms with Crippen LogP contribution in [0, 0.1) is 11.8 Å². The first-order chi connectivity index (χ1) is 12.6. The number of rotatable bonds is 5. The molecule has 2 aromatic rings. The Morgan fingerprint density at radius 1 is 1.31 bits per heavy atom. The number of fused-ring (bicyclic) bond motifs is 1. The van der Waals surface area contributed by atoms with Gasteiger partial charge >= 0.3 is 0 Å². The van der Waals surface area contributed by atoms with E-state index >= 15 is 0 Å². The molecule has 26 heavy (non-hydrogen) atoms. The van der Waals surface area contributed by atoms with Crippen molar-refractivity contribution in [3.05, 3.63) is 12.2 Å². The quantitative estimate of drug-likeness (QED) is 0.434. The van der Waals surface area contributed by atoms with Gasteiger partial charge in [0.2, 0.25) is 5.82 Å². The molecule has 0 amide bonds. The summed E-state index contributed by atoms with van der Waals surface area (Å²) in [5, 5.41) is 32.5. The molecule has 1 aliphatic heterocycles. The number of nitrogens with zero attached hydrogens (tertiary/aromatic N) is 4. The second-order valence-corrected chi connectivity index (χ2v) is 6.10. The van der Waals surface area contributed by atoms with Crippen molar-refractivity contribution in [2.24, 2.45) is 0 Å². The van der Waals surface area contributed by atoms with Crippen LogP contribution in [0.4, 0.5) is 5.82 Å². The van der Waals surface area contributed by atoms with E-state index in [1.54, 1.807) is 7.05 Å². The monoisotopic (exact) mass is 361 g/mol. The van der Waals surface area contributed by atoms with Crippen LogP contribution in [0.15, 0.2) is 6.33 Å². The van der Waals surface area contributed by atoms with Crippen LogP contribution in [-0.2, 0) is 4.74 Å². The Bertz CT molecular complexity index is 828. The zero-order valence-corrected chi connectivity index (χ0v) is 14.8. The number of aliphatic hydroxyl groups is 3. The molecule has 4 N–H and O–H groups in total. The van der Waals surface area contributed by atoms with Gasteiger partial charge in [0.15, 0.2) is 23.2 Å². The molecule has 140 valence electrons. The largest absolute Gasteiger partial charge is 0.394 e. The van der Waals surface area contributed by atoms with Crippen LogP contribution in [0.3, 0.4) is 0 Å². The average molecular weight is 361 g/mol. The van der Waals surface area contributed by atoms with Gasteiger partial charge in [-0.05, 0) is 12.3 Å². The number of aromatic nitrogens is 4. The van der Waals surface area contributed by atoms with Crippen LogP contribution in [-0.4, -0.2) is 66.8 Å². The van der Waals surface area contributed by atoms with Gasteiger partial charge in [-0.2, -0.15) is 0 Å². The third-order valence-corrected chi connectivity index (χ3v) is 4.31. The molecule has 0 saturated carbocycles. The molecule has 0 aromatic carbocycles. The fourth-order valence-electron chi connectivity index (χ4n) is 2.85. The lowest BCUT2D eigenvalue weighted by Crippen LogP contribution is -2.33. The zero-order valence-electron chi connectivity index (χ0n) is 14.8. The number of hydrogen-bond acceptors (Lipinski definition) is 8. The molecular formula is C17H23N5O4. The summed E-state index contributed by atoms with van der Waals surface area (Å²) in [7, 11) is 1.72. The smallest absolute Gasteiger partial charge is 0.208 e. The maximum absolute atomic E-state index is 10.3. The summed E-state index contributed by atoms with van der Waals surface area (Å²) >= 11 is 0. The minimum absolute atomic E-state index is 0.339. The molecule has 0 spiro atoms. The van der Waals surface area contributed by atoms with E-state index in [1.165, 1.54) is 10.9 Å². The van der Waals surface area contributed by atoms with E-state index < -0.39 is 31.1 Å². The SMILES string of the molecule is CCCCC#Cc1nc(NC)c2ncn([C@@H]3O[C@H](CO)C(O)[C@@H]3O)c2n1. The van der Waals surface area contributed by atoms with Crippen molar-refractivity contribution in [3.63, 3.8) is 0 Å². The Balaban J connectivity index is 2.00. The van der Waals surface area contributed by atoms with Gasteiger partial charge in [-0.15, -0.1) is 0 Å².